The molecule has 0 radical (unpaired) electrons. The predicted octanol–water partition coefficient (Wildman–Crippen LogP) is 3.09. The normalized spacial score (nSPS) is 10.2. The van der Waals surface area contributed by atoms with Crippen LogP contribution in [0.4, 0.5) is 0 Å². The Balaban J connectivity index is 2.96. The first kappa shape index (κ1) is 11.6. The van der Waals surface area contributed by atoms with Crippen LogP contribution >= 0.6 is 27.5 Å². The average molecular weight is 282 g/mol. The molecular weight excluding hydrogens is 271 g/mol. The fraction of sp³-hybridized carbons (Fsp3) is 0.444. The van der Waals surface area contributed by atoms with Crippen molar-refractivity contribution in [1.82, 2.24) is 0 Å². The standard InChI is InChI=1S/C9H10BrClO3/c1-2-13-9(12)7-5-14-8(3-10)6(7)4-11/h5H,2-4H2,1H3. The van der Waals surface area contributed by atoms with E-state index in [1.807, 2.05) is 0 Å². The number of carbonyl (C=O) groups is 1. The van der Waals surface area contributed by atoms with Crippen molar-refractivity contribution < 1.29 is 13.9 Å². The van der Waals surface area contributed by atoms with E-state index >= 15 is 0 Å². The Hall–Kier alpha value is -0.480. The number of hydrogen-bond acceptors (Lipinski definition) is 3. The lowest BCUT2D eigenvalue weighted by Gasteiger charge is -2.00. The van der Waals surface area contributed by atoms with E-state index in [0.717, 1.165) is 0 Å². The van der Waals surface area contributed by atoms with E-state index in [9.17, 15) is 4.79 Å². The van der Waals surface area contributed by atoms with Gasteiger partial charge >= 0.3 is 5.97 Å². The third-order valence-electron chi connectivity index (χ3n) is 1.73. The van der Waals surface area contributed by atoms with E-state index in [2.05, 4.69) is 15.9 Å². The van der Waals surface area contributed by atoms with Gasteiger partial charge in [-0.25, -0.2) is 4.79 Å². The van der Waals surface area contributed by atoms with Crippen LogP contribution in [0.5, 0.6) is 0 Å². The lowest BCUT2D eigenvalue weighted by Crippen LogP contribution is -2.05. The van der Waals surface area contributed by atoms with Gasteiger partial charge in [0.1, 0.15) is 17.6 Å². The van der Waals surface area contributed by atoms with Gasteiger partial charge < -0.3 is 9.15 Å². The largest absolute Gasteiger partial charge is 0.467 e. The monoisotopic (exact) mass is 280 g/mol. The molecule has 0 spiro atoms. The van der Waals surface area contributed by atoms with Crippen LogP contribution < -0.4 is 0 Å². The van der Waals surface area contributed by atoms with Crippen LogP contribution in [0.1, 0.15) is 28.6 Å². The number of hydrogen-bond donors (Lipinski definition) is 0. The lowest BCUT2D eigenvalue weighted by molar-refractivity contribution is 0.0524. The van der Waals surface area contributed by atoms with Crippen molar-refractivity contribution in [3.63, 3.8) is 0 Å². The molecule has 0 saturated heterocycles. The number of rotatable bonds is 4. The maximum Gasteiger partial charge on any atom is 0.341 e. The SMILES string of the molecule is CCOC(=O)c1coc(CBr)c1CCl. The minimum absolute atomic E-state index is 0.242. The summed E-state index contributed by atoms with van der Waals surface area (Å²) in [6.07, 6.45) is 1.38. The van der Waals surface area contributed by atoms with Crippen LogP contribution in [-0.2, 0) is 15.9 Å². The number of furan rings is 1. The van der Waals surface area contributed by atoms with Crippen LogP contribution in [0.2, 0.25) is 0 Å². The topological polar surface area (TPSA) is 39.4 Å². The van der Waals surface area contributed by atoms with Gasteiger partial charge in [0.05, 0.1) is 17.8 Å². The van der Waals surface area contributed by atoms with Crippen LogP contribution in [-0.4, -0.2) is 12.6 Å². The predicted molar refractivity (Wildman–Crippen MR) is 56.9 cm³/mol. The number of carbonyl (C=O) groups excluding carboxylic acids is 1. The van der Waals surface area contributed by atoms with Crippen molar-refractivity contribution in [1.29, 1.82) is 0 Å². The Kier molecular flexibility index (Phi) is 4.48. The molecule has 0 aliphatic carbocycles. The van der Waals surface area contributed by atoms with Crippen LogP contribution in [0.25, 0.3) is 0 Å². The summed E-state index contributed by atoms with van der Waals surface area (Å²) >= 11 is 8.96. The van der Waals surface area contributed by atoms with E-state index < -0.39 is 0 Å². The summed E-state index contributed by atoms with van der Waals surface area (Å²) in [7, 11) is 0. The molecule has 0 saturated carbocycles. The van der Waals surface area contributed by atoms with E-state index in [4.69, 9.17) is 20.8 Å². The molecule has 5 heteroatoms. The fourth-order valence-corrected chi connectivity index (χ4v) is 1.82. The summed E-state index contributed by atoms with van der Waals surface area (Å²) in [5.74, 6) is 0.521. The van der Waals surface area contributed by atoms with Gasteiger partial charge in [-0.15, -0.1) is 11.6 Å². The second-order valence-corrected chi connectivity index (χ2v) is 3.37. The zero-order valence-electron chi connectivity index (χ0n) is 7.68. The van der Waals surface area contributed by atoms with Crippen LogP contribution in [0.3, 0.4) is 0 Å². The second kappa shape index (κ2) is 5.41. The zero-order valence-corrected chi connectivity index (χ0v) is 10.0. The van der Waals surface area contributed by atoms with Crippen molar-refractivity contribution in [2.45, 2.75) is 18.1 Å². The van der Waals surface area contributed by atoms with Crippen molar-refractivity contribution >= 4 is 33.5 Å². The molecule has 0 amide bonds. The van der Waals surface area contributed by atoms with Crippen LogP contribution in [0.15, 0.2) is 10.7 Å². The number of alkyl halides is 2. The molecule has 0 atom stereocenters. The number of esters is 1. The lowest BCUT2D eigenvalue weighted by atomic mass is 10.2. The highest BCUT2D eigenvalue weighted by molar-refractivity contribution is 9.08. The maximum absolute atomic E-state index is 11.4. The van der Waals surface area contributed by atoms with Gasteiger partial charge in [-0.2, -0.15) is 0 Å². The smallest absolute Gasteiger partial charge is 0.341 e. The highest BCUT2D eigenvalue weighted by Crippen LogP contribution is 2.22. The van der Waals surface area contributed by atoms with Gasteiger partial charge in [0.2, 0.25) is 0 Å². The van der Waals surface area contributed by atoms with Gasteiger partial charge in [0.25, 0.3) is 0 Å². The molecule has 3 nitrogen and oxygen atoms in total. The Bertz CT molecular complexity index is 322. The molecule has 0 aliphatic rings. The highest BCUT2D eigenvalue weighted by atomic mass is 79.9. The van der Waals surface area contributed by atoms with E-state index in [1.165, 1.54) is 6.26 Å². The fourth-order valence-electron chi connectivity index (χ4n) is 1.06. The molecular formula is C9H10BrClO3. The summed E-state index contributed by atoms with van der Waals surface area (Å²) < 4.78 is 10.0. The van der Waals surface area contributed by atoms with Crippen molar-refractivity contribution in [3.8, 4) is 0 Å². The summed E-state index contributed by atoms with van der Waals surface area (Å²) in [6.45, 7) is 2.10. The molecule has 0 bridgehead atoms. The first-order valence-electron chi connectivity index (χ1n) is 4.12. The summed E-state index contributed by atoms with van der Waals surface area (Å²) in [5.41, 5.74) is 1.11. The number of halogens is 2. The van der Waals surface area contributed by atoms with E-state index in [1.54, 1.807) is 6.92 Å². The molecule has 1 aromatic rings. The maximum atomic E-state index is 11.4. The average Bonchev–Trinajstić information content (AvgIpc) is 2.60. The van der Waals surface area contributed by atoms with Gasteiger partial charge in [-0.05, 0) is 6.92 Å². The van der Waals surface area contributed by atoms with Gasteiger partial charge in [0.15, 0.2) is 0 Å². The van der Waals surface area contributed by atoms with Gasteiger partial charge in [-0.1, -0.05) is 15.9 Å². The van der Waals surface area contributed by atoms with Crippen LogP contribution in [0, 0.1) is 0 Å². The molecule has 1 rings (SSSR count). The quantitative estimate of drug-likeness (QED) is 0.629. The van der Waals surface area contributed by atoms with Crippen molar-refractivity contribution in [2.24, 2.45) is 0 Å². The summed E-state index contributed by atoms with van der Waals surface area (Å²) in [5, 5.41) is 0.536. The minimum atomic E-state index is -0.390. The Morgan fingerprint density at radius 1 is 1.71 bits per heavy atom. The molecule has 0 aliphatic heterocycles. The first-order chi connectivity index (χ1) is 6.74. The first-order valence-corrected chi connectivity index (χ1v) is 5.78. The minimum Gasteiger partial charge on any atom is -0.467 e. The van der Waals surface area contributed by atoms with Gasteiger partial charge in [0, 0.05) is 5.56 Å². The number of ether oxygens (including phenoxy) is 1. The third kappa shape index (κ3) is 2.30. The molecule has 14 heavy (non-hydrogen) atoms. The third-order valence-corrected chi connectivity index (χ3v) is 2.51. The summed E-state index contributed by atoms with van der Waals surface area (Å²) in [6, 6.07) is 0. The molecule has 1 heterocycles. The highest BCUT2D eigenvalue weighted by Gasteiger charge is 2.18. The Morgan fingerprint density at radius 3 is 2.93 bits per heavy atom. The molecule has 1 aromatic heterocycles. The molecule has 0 fully saturated rings. The zero-order chi connectivity index (χ0) is 10.6. The van der Waals surface area contributed by atoms with E-state index in [-0.39, 0.29) is 11.8 Å². The second-order valence-electron chi connectivity index (χ2n) is 2.54. The van der Waals surface area contributed by atoms with E-state index in [0.29, 0.717) is 28.8 Å². The molecule has 0 aromatic carbocycles. The van der Waals surface area contributed by atoms with Crippen molar-refractivity contribution in [3.05, 3.63) is 23.2 Å². The Morgan fingerprint density at radius 2 is 2.43 bits per heavy atom. The van der Waals surface area contributed by atoms with Gasteiger partial charge in [-0.3, -0.25) is 0 Å². The Labute approximate surface area is 95.5 Å². The summed E-state index contributed by atoms with van der Waals surface area (Å²) in [4.78, 5) is 11.4. The molecule has 0 N–H and O–H groups in total. The molecule has 0 unspecified atom stereocenters. The van der Waals surface area contributed by atoms with Crippen molar-refractivity contribution in [2.75, 3.05) is 6.61 Å². The molecule has 78 valence electrons.